The molecule has 0 spiro atoms. The molecule has 104 valence electrons. The summed E-state index contributed by atoms with van der Waals surface area (Å²) in [5, 5.41) is 2.94. The maximum absolute atomic E-state index is 12.2. The van der Waals surface area contributed by atoms with E-state index in [9.17, 15) is 4.79 Å². The highest BCUT2D eigenvalue weighted by atomic mass is 16.1. The van der Waals surface area contributed by atoms with Crippen LogP contribution in [0.5, 0.6) is 0 Å². The van der Waals surface area contributed by atoms with Crippen molar-refractivity contribution in [1.82, 2.24) is 0 Å². The highest BCUT2D eigenvalue weighted by molar-refractivity contribution is 5.91. The number of terminal acetylenes is 1. The molecule has 0 saturated carbocycles. The zero-order chi connectivity index (χ0) is 14.7. The molecular weight excluding hydrogens is 258 g/mol. The summed E-state index contributed by atoms with van der Waals surface area (Å²) in [6, 6.07) is 15.8. The van der Waals surface area contributed by atoms with Crippen molar-refractivity contribution in [3.05, 3.63) is 65.2 Å². The fourth-order valence-corrected chi connectivity index (χ4v) is 2.98. The Bertz CT molecular complexity index is 712. The van der Waals surface area contributed by atoms with Gasteiger partial charge in [-0.25, -0.2) is 0 Å². The number of fused-ring (bicyclic) bond motifs is 1. The van der Waals surface area contributed by atoms with E-state index >= 15 is 0 Å². The zero-order valence-corrected chi connectivity index (χ0v) is 11.8. The van der Waals surface area contributed by atoms with E-state index in [0.29, 0.717) is 12.3 Å². The minimum absolute atomic E-state index is 0.0471. The number of aryl methyl sites for hydroxylation is 1. The maximum atomic E-state index is 12.2. The van der Waals surface area contributed by atoms with Crippen molar-refractivity contribution in [2.75, 3.05) is 5.32 Å². The van der Waals surface area contributed by atoms with Crippen LogP contribution in [0, 0.1) is 12.3 Å². The molecule has 2 aromatic carbocycles. The average molecular weight is 275 g/mol. The molecule has 0 aromatic heterocycles. The largest absolute Gasteiger partial charge is 0.326 e. The van der Waals surface area contributed by atoms with Gasteiger partial charge in [-0.15, -0.1) is 6.42 Å². The summed E-state index contributed by atoms with van der Waals surface area (Å²) < 4.78 is 0. The number of hydrogen-bond donors (Lipinski definition) is 1. The first-order chi connectivity index (χ1) is 10.3. The van der Waals surface area contributed by atoms with Crippen molar-refractivity contribution >= 4 is 11.6 Å². The smallest absolute Gasteiger partial charge is 0.224 e. The molecule has 0 radical (unpaired) electrons. The van der Waals surface area contributed by atoms with Crippen LogP contribution in [0.25, 0.3) is 0 Å². The molecule has 0 heterocycles. The van der Waals surface area contributed by atoms with Gasteiger partial charge < -0.3 is 5.32 Å². The Balaban J connectivity index is 1.66. The lowest BCUT2D eigenvalue weighted by Gasteiger charge is -2.12. The van der Waals surface area contributed by atoms with E-state index in [1.807, 2.05) is 30.3 Å². The van der Waals surface area contributed by atoms with E-state index in [2.05, 4.69) is 29.4 Å². The first-order valence-electron chi connectivity index (χ1n) is 7.20. The molecule has 1 unspecified atom stereocenters. The summed E-state index contributed by atoms with van der Waals surface area (Å²) in [5.74, 6) is 2.95. The summed E-state index contributed by atoms with van der Waals surface area (Å²) in [4.78, 5) is 12.2. The summed E-state index contributed by atoms with van der Waals surface area (Å²) in [7, 11) is 0. The lowest BCUT2D eigenvalue weighted by atomic mass is 9.97. The molecule has 2 heteroatoms. The van der Waals surface area contributed by atoms with Gasteiger partial charge in [-0.3, -0.25) is 4.79 Å². The Morgan fingerprint density at radius 3 is 2.95 bits per heavy atom. The van der Waals surface area contributed by atoms with Crippen molar-refractivity contribution in [1.29, 1.82) is 0 Å². The summed E-state index contributed by atoms with van der Waals surface area (Å²) in [5.41, 5.74) is 4.25. The third-order valence-corrected chi connectivity index (χ3v) is 4.00. The van der Waals surface area contributed by atoms with Gasteiger partial charge in [-0.2, -0.15) is 0 Å². The Kier molecular flexibility index (Phi) is 3.75. The highest BCUT2D eigenvalue weighted by Gasteiger charge is 2.24. The SMILES string of the molecule is C#Cc1cccc(NC(=O)CC2CCc3ccccc32)c1. The second-order valence-corrected chi connectivity index (χ2v) is 5.41. The van der Waals surface area contributed by atoms with E-state index in [0.717, 1.165) is 24.1 Å². The van der Waals surface area contributed by atoms with Gasteiger partial charge in [0.05, 0.1) is 0 Å². The van der Waals surface area contributed by atoms with Gasteiger partial charge in [0.25, 0.3) is 0 Å². The van der Waals surface area contributed by atoms with Gasteiger partial charge in [-0.05, 0) is 48.1 Å². The van der Waals surface area contributed by atoms with Crippen LogP contribution in [0.3, 0.4) is 0 Å². The van der Waals surface area contributed by atoms with Crippen LogP contribution >= 0.6 is 0 Å². The maximum Gasteiger partial charge on any atom is 0.224 e. The number of amides is 1. The number of benzene rings is 2. The lowest BCUT2D eigenvalue weighted by molar-refractivity contribution is -0.116. The van der Waals surface area contributed by atoms with Crippen LogP contribution in [0.15, 0.2) is 48.5 Å². The molecule has 2 aromatic rings. The normalized spacial score (nSPS) is 16.0. The van der Waals surface area contributed by atoms with Crippen molar-refractivity contribution in [2.24, 2.45) is 0 Å². The molecule has 1 aliphatic carbocycles. The predicted molar refractivity (Wildman–Crippen MR) is 85.1 cm³/mol. The van der Waals surface area contributed by atoms with E-state index < -0.39 is 0 Å². The van der Waals surface area contributed by atoms with Gasteiger partial charge in [0.2, 0.25) is 5.91 Å². The minimum atomic E-state index is 0.0471. The van der Waals surface area contributed by atoms with Crippen LogP contribution in [-0.2, 0) is 11.2 Å². The molecule has 1 amide bonds. The van der Waals surface area contributed by atoms with Crippen molar-refractivity contribution in [3.8, 4) is 12.3 Å². The van der Waals surface area contributed by atoms with Crippen LogP contribution in [0.2, 0.25) is 0 Å². The average Bonchev–Trinajstić information content (AvgIpc) is 2.91. The van der Waals surface area contributed by atoms with Gasteiger partial charge in [0.1, 0.15) is 0 Å². The van der Waals surface area contributed by atoms with Gasteiger partial charge in [0, 0.05) is 17.7 Å². The molecule has 0 bridgehead atoms. The number of hydrogen-bond acceptors (Lipinski definition) is 1. The summed E-state index contributed by atoms with van der Waals surface area (Å²) in [6.45, 7) is 0. The zero-order valence-electron chi connectivity index (χ0n) is 11.8. The van der Waals surface area contributed by atoms with Crippen LogP contribution in [0.4, 0.5) is 5.69 Å². The monoisotopic (exact) mass is 275 g/mol. The summed E-state index contributed by atoms with van der Waals surface area (Å²) >= 11 is 0. The molecule has 1 N–H and O–H groups in total. The van der Waals surface area contributed by atoms with Gasteiger partial charge >= 0.3 is 0 Å². The Morgan fingerprint density at radius 2 is 2.10 bits per heavy atom. The molecule has 3 rings (SSSR count). The van der Waals surface area contributed by atoms with Gasteiger partial charge in [0.15, 0.2) is 0 Å². The van der Waals surface area contributed by atoms with E-state index in [-0.39, 0.29) is 5.91 Å². The quantitative estimate of drug-likeness (QED) is 0.850. The molecule has 1 atom stereocenters. The molecular formula is C19H17NO. The van der Waals surface area contributed by atoms with Crippen molar-refractivity contribution < 1.29 is 4.79 Å². The Labute approximate surface area is 125 Å². The number of rotatable bonds is 3. The van der Waals surface area contributed by atoms with Crippen LogP contribution in [0.1, 0.15) is 35.4 Å². The van der Waals surface area contributed by atoms with E-state index in [1.165, 1.54) is 11.1 Å². The molecule has 2 nitrogen and oxygen atoms in total. The second kappa shape index (κ2) is 5.85. The number of carbonyl (C=O) groups is 1. The minimum Gasteiger partial charge on any atom is -0.326 e. The van der Waals surface area contributed by atoms with Crippen LogP contribution in [-0.4, -0.2) is 5.91 Å². The first-order valence-corrected chi connectivity index (χ1v) is 7.20. The molecule has 21 heavy (non-hydrogen) atoms. The Morgan fingerprint density at radius 1 is 1.24 bits per heavy atom. The Hall–Kier alpha value is -2.53. The third-order valence-electron chi connectivity index (χ3n) is 4.00. The van der Waals surface area contributed by atoms with Gasteiger partial charge in [-0.1, -0.05) is 36.3 Å². The number of nitrogens with one attached hydrogen (secondary N) is 1. The highest BCUT2D eigenvalue weighted by Crippen LogP contribution is 2.35. The molecule has 0 fully saturated rings. The molecule has 1 aliphatic rings. The van der Waals surface area contributed by atoms with E-state index in [1.54, 1.807) is 0 Å². The summed E-state index contributed by atoms with van der Waals surface area (Å²) in [6.07, 6.45) is 8.02. The third kappa shape index (κ3) is 2.98. The molecule has 0 aliphatic heterocycles. The lowest BCUT2D eigenvalue weighted by Crippen LogP contribution is -2.14. The van der Waals surface area contributed by atoms with Crippen molar-refractivity contribution in [2.45, 2.75) is 25.2 Å². The second-order valence-electron chi connectivity index (χ2n) is 5.41. The van der Waals surface area contributed by atoms with Crippen LogP contribution < -0.4 is 5.32 Å². The van der Waals surface area contributed by atoms with Crippen molar-refractivity contribution in [3.63, 3.8) is 0 Å². The first kappa shape index (κ1) is 13.5. The topological polar surface area (TPSA) is 29.1 Å². The predicted octanol–water partition coefficient (Wildman–Crippen LogP) is 3.73. The number of anilines is 1. The molecule has 0 saturated heterocycles. The fourth-order valence-electron chi connectivity index (χ4n) is 2.98. The standard InChI is InChI=1S/C19H17NO/c1-2-14-6-5-8-17(12-14)20-19(21)13-16-11-10-15-7-3-4-9-18(15)16/h1,3-9,12,16H,10-11,13H2,(H,20,21). The fraction of sp³-hybridized carbons (Fsp3) is 0.211. The van der Waals surface area contributed by atoms with E-state index in [4.69, 9.17) is 6.42 Å². The number of carbonyl (C=O) groups excluding carboxylic acids is 1.